The van der Waals surface area contributed by atoms with Crippen molar-refractivity contribution in [2.24, 2.45) is 16.5 Å². The van der Waals surface area contributed by atoms with Crippen LogP contribution in [0.25, 0.3) is 11.3 Å². The van der Waals surface area contributed by atoms with Crippen molar-refractivity contribution in [1.29, 1.82) is 0 Å². The number of hydrogen-bond donors (Lipinski definition) is 3. The molecule has 182 valence electrons. The fraction of sp³-hybridized carbons (Fsp3) is 0.458. The summed E-state index contributed by atoms with van der Waals surface area (Å²) < 4.78 is 16.0. The number of piperidine rings is 1. The summed E-state index contributed by atoms with van der Waals surface area (Å²) in [6.07, 6.45) is 3.82. The number of rotatable bonds is 7. The Bertz CT molecular complexity index is 1130. The molecule has 3 heterocycles. The molecule has 34 heavy (non-hydrogen) atoms. The Hall–Kier alpha value is -3.40. The van der Waals surface area contributed by atoms with Crippen LogP contribution < -0.4 is 16.8 Å². The largest absolute Gasteiger partial charge is 0.383 e. The van der Waals surface area contributed by atoms with Gasteiger partial charge < -0.3 is 31.2 Å². The van der Waals surface area contributed by atoms with Crippen LogP contribution in [0, 0.1) is 12.7 Å². The zero-order chi connectivity index (χ0) is 24.4. The minimum atomic E-state index is -0.580. The molecule has 5 N–H and O–H groups in total. The SMILES string of the molecule is Cc1cc(-c2cn(CCN(C)C)c(C3CCN(C4=C(C(N)=O)C(N)=NCN4)CC3)n2)ccc1F. The third-order valence-electron chi connectivity index (χ3n) is 6.46. The predicted molar refractivity (Wildman–Crippen MR) is 130 cm³/mol. The Morgan fingerprint density at radius 3 is 2.68 bits per heavy atom. The summed E-state index contributed by atoms with van der Waals surface area (Å²) in [5.41, 5.74) is 14.1. The number of aliphatic imine (C=N–C) groups is 1. The molecule has 10 heteroatoms. The van der Waals surface area contributed by atoms with Gasteiger partial charge in [0.25, 0.3) is 5.91 Å². The molecule has 1 aromatic carbocycles. The monoisotopic (exact) mass is 468 g/mol. The van der Waals surface area contributed by atoms with Gasteiger partial charge in [-0.2, -0.15) is 0 Å². The van der Waals surface area contributed by atoms with E-state index in [1.807, 2.05) is 6.07 Å². The molecular weight excluding hydrogens is 435 g/mol. The Balaban J connectivity index is 1.57. The number of imidazole rings is 1. The summed E-state index contributed by atoms with van der Waals surface area (Å²) in [6.45, 7) is 5.28. The number of halogens is 1. The summed E-state index contributed by atoms with van der Waals surface area (Å²) in [5.74, 6) is 1.36. The number of likely N-dealkylation sites (N-methyl/N-ethyl adjacent to an activating group) is 1. The van der Waals surface area contributed by atoms with Crippen molar-refractivity contribution in [3.05, 3.63) is 53.0 Å². The zero-order valence-electron chi connectivity index (χ0n) is 20.0. The van der Waals surface area contributed by atoms with Crippen LogP contribution in [0.2, 0.25) is 0 Å². The van der Waals surface area contributed by atoms with E-state index in [-0.39, 0.29) is 23.1 Å². The molecule has 0 unspecified atom stereocenters. The van der Waals surface area contributed by atoms with Gasteiger partial charge in [0.2, 0.25) is 0 Å². The van der Waals surface area contributed by atoms with Crippen LogP contribution in [0.15, 0.2) is 40.8 Å². The number of carbonyl (C=O) groups is 1. The van der Waals surface area contributed by atoms with Crippen molar-refractivity contribution in [1.82, 2.24) is 24.7 Å². The van der Waals surface area contributed by atoms with Gasteiger partial charge in [0.15, 0.2) is 0 Å². The first-order valence-electron chi connectivity index (χ1n) is 11.6. The van der Waals surface area contributed by atoms with Crippen LogP contribution in [-0.2, 0) is 11.3 Å². The standard InChI is InChI=1S/C24H33FN8O/c1-15-12-17(4-5-18(15)25)19-13-33(11-10-31(2)3)23(30-19)16-6-8-32(9-7-16)24-20(22(27)34)21(26)28-14-29-24/h4-5,12-13,16,29H,6-11,14H2,1-3H3,(H2,26,28)(H2,27,34). The van der Waals surface area contributed by atoms with Crippen LogP contribution in [0.1, 0.15) is 30.1 Å². The molecule has 0 atom stereocenters. The summed E-state index contributed by atoms with van der Waals surface area (Å²) in [6, 6.07) is 5.13. The highest BCUT2D eigenvalue weighted by Gasteiger charge is 2.30. The van der Waals surface area contributed by atoms with E-state index in [1.54, 1.807) is 13.0 Å². The maximum atomic E-state index is 13.8. The molecule has 0 saturated carbocycles. The van der Waals surface area contributed by atoms with Crippen molar-refractivity contribution in [2.75, 3.05) is 40.4 Å². The number of nitrogens with zero attached hydrogens (tertiary/aromatic N) is 5. The van der Waals surface area contributed by atoms with Crippen LogP contribution in [0.5, 0.6) is 0 Å². The van der Waals surface area contributed by atoms with E-state index >= 15 is 0 Å². The normalized spacial score (nSPS) is 17.2. The second-order valence-corrected chi connectivity index (χ2v) is 9.17. The van der Waals surface area contributed by atoms with Gasteiger partial charge in [-0.25, -0.2) is 14.4 Å². The van der Waals surface area contributed by atoms with Crippen LogP contribution in [0.3, 0.4) is 0 Å². The lowest BCUT2D eigenvalue weighted by Crippen LogP contribution is -2.45. The Morgan fingerprint density at radius 1 is 1.29 bits per heavy atom. The lowest BCUT2D eigenvalue weighted by atomic mass is 9.95. The van der Waals surface area contributed by atoms with Gasteiger partial charge in [0.05, 0.1) is 5.69 Å². The Morgan fingerprint density at radius 2 is 2.03 bits per heavy atom. The Labute approximate surface area is 199 Å². The quantitative estimate of drug-likeness (QED) is 0.565. The minimum Gasteiger partial charge on any atom is -0.383 e. The molecule has 2 aliphatic rings. The maximum Gasteiger partial charge on any atom is 0.256 e. The first-order valence-corrected chi connectivity index (χ1v) is 11.6. The van der Waals surface area contributed by atoms with Crippen molar-refractivity contribution in [3.8, 4) is 11.3 Å². The highest BCUT2D eigenvalue weighted by atomic mass is 19.1. The topological polar surface area (TPSA) is 118 Å². The van der Waals surface area contributed by atoms with Gasteiger partial charge in [0.1, 0.15) is 35.5 Å². The third-order valence-corrected chi connectivity index (χ3v) is 6.46. The number of amidine groups is 1. The first kappa shape index (κ1) is 23.7. The number of hydrogen-bond acceptors (Lipinski definition) is 7. The summed E-state index contributed by atoms with van der Waals surface area (Å²) in [5, 5.41) is 3.17. The van der Waals surface area contributed by atoms with Gasteiger partial charge in [-0.1, -0.05) is 0 Å². The summed E-state index contributed by atoms with van der Waals surface area (Å²) in [7, 11) is 4.10. The number of carbonyl (C=O) groups excluding carboxylic acids is 1. The van der Waals surface area contributed by atoms with Crippen LogP contribution in [0.4, 0.5) is 4.39 Å². The van der Waals surface area contributed by atoms with Crippen molar-refractivity contribution >= 4 is 11.7 Å². The van der Waals surface area contributed by atoms with Crippen molar-refractivity contribution in [3.63, 3.8) is 0 Å². The number of amides is 1. The van der Waals surface area contributed by atoms with Gasteiger partial charge >= 0.3 is 0 Å². The van der Waals surface area contributed by atoms with E-state index in [2.05, 4.69) is 45.0 Å². The second kappa shape index (κ2) is 9.84. The number of nitrogens with two attached hydrogens (primary N) is 2. The van der Waals surface area contributed by atoms with Crippen LogP contribution in [-0.4, -0.2) is 71.5 Å². The number of aromatic nitrogens is 2. The van der Waals surface area contributed by atoms with Crippen LogP contribution >= 0.6 is 0 Å². The molecule has 1 saturated heterocycles. The smallest absolute Gasteiger partial charge is 0.256 e. The van der Waals surface area contributed by atoms with Gasteiger partial charge in [-0.3, -0.25) is 4.79 Å². The predicted octanol–water partition coefficient (Wildman–Crippen LogP) is 1.35. The number of nitrogens with one attached hydrogen (secondary N) is 1. The molecular formula is C24H33FN8O. The molecule has 9 nitrogen and oxygen atoms in total. The summed E-state index contributed by atoms with van der Waals surface area (Å²) in [4.78, 5) is 25.3. The average molecular weight is 469 g/mol. The number of primary amides is 1. The molecule has 1 amide bonds. The molecule has 0 bridgehead atoms. The van der Waals surface area contributed by atoms with E-state index in [0.717, 1.165) is 56.1 Å². The highest BCUT2D eigenvalue weighted by molar-refractivity contribution is 6.20. The lowest BCUT2D eigenvalue weighted by Gasteiger charge is -2.37. The number of likely N-dealkylation sites (tertiary alicyclic amines) is 1. The zero-order valence-corrected chi connectivity index (χ0v) is 20.0. The number of benzene rings is 1. The minimum absolute atomic E-state index is 0.182. The van der Waals surface area contributed by atoms with Gasteiger partial charge in [0, 0.05) is 43.9 Å². The van der Waals surface area contributed by atoms with Gasteiger partial charge in [-0.05, 0) is 57.6 Å². The second-order valence-electron chi connectivity index (χ2n) is 9.17. The van der Waals surface area contributed by atoms with E-state index in [0.29, 0.717) is 18.1 Å². The van der Waals surface area contributed by atoms with E-state index in [1.165, 1.54) is 6.07 Å². The molecule has 2 aliphatic heterocycles. The molecule has 2 aromatic rings. The summed E-state index contributed by atoms with van der Waals surface area (Å²) >= 11 is 0. The fourth-order valence-corrected chi connectivity index (χ4v) is 4.55. The fourth-order valence-electron chi connectivity index (χ4n) is 4.55. The first-order chi connectivity index (χ1) is 16.2. The third kappa shape index (κ3) is 4.91. The highest BCUT2D eigenvalue weighted by Crippen LogP contribution is 2.32. The molecule has 4 rings (SSSR count). The van der Waals surface area contributed by atoms with E-state index in [4.69, 9.17) is 16.5 Å². The molecule has 1 fully saturated rings. The van der Waals surface area contributed by atoms with Gasteiger partial charge in [-0.15, -0.1) is 0 Å². The molecule has 0 aliphatic carbocycles. The lowest BCUT2D eigenvalue weighted by molar-refractivity contribution is -0.114. The van der Waals surface area contributed by atoms with E-state index < -0.39 is 5.91 Å². The molecule has 1 aromatic heterocycles. The van der Waals surface area contributed by atoms with Crippen molar-refractivity contribution < 1.29 is 9.18 Å². The molecule has 0 radical (unpaired) electrons. The Kier molecular flexibility index (Phi) is 6.87. The van der Waals surface area contributed by atoms with E-state index in [9.17, 15) is 9.18 Å². The molecule has 0 spiro atoms. The number of aryl methyl sites for hydroxylation is 1. The average Bonchev–Trinajstić information content (AvgIpc) is 3.23. The van der Waals surface area contributed by atoms with Crippen molar-refractivity contribution in [2.45, 2.75) is 32.2 Å². The maximum absolute atomic E-state index is 13.8.